The Labute approximate surface area is 317 Å². The first-order valence-electron chi connectivity index (χ1n) is 22.8. The van der Waals surface area contributed by atoms with Crippen molar-refractivity contribution in [1.29, 1.82) is 0 Å². The molecule has 0 saturated heterocycles. The van der Waals surface area contributed by atoms with Crippen LogP contribution < -0.4 is 10.6 Å². The summed E-state index contributed by atoms with van der Waals surface area (Å²) in [4.78, 5) is 38.0. The minimum atomic E-state index is -1.08. The topological polar surface area (TPSA) is 95.5 Å². The third-order valence-electron chi connectivity index (χ3n) is 10.7. The molecule has 0 aromatic heterocycles. The lowest BCUT2D eigenvalue weighted by molar-refractivity contribution is -0.143. The second-order valence-electron chi connectivity index (χ2n) is 15.8. The smallest absolute Gasteiger partial charge is 0.328 e. The molecule has 6 heteroatoms. The molecule has 0 fully saturated rings. The Morgan fingerprint density at radius 1 is 0.373 bits per heavy atom. The number of carboxylic acid groups (broad SMARTS) is 1. The molecular formula is C45H88N2O4. The lowest BCUT2D eigenvalue weighted by Crippen LogP contribution is -2.55. The SMILES string of the molecule is CCCCCCCCCCCCCCCCCC(=O)NC(CCCCCC)[C@H](NC(=O)CCCCCCCCCCCCCCCCC)C(=O)O. The van der Waals surface area contributed by atoms with Crippen molar-refractivity contribution in [2.75, 3.05) is 0 Å². The zero-order valence-electron chi connectivity index (χ0n) is 34.5. The maximum atomic E-state index is 12.9. The minimum Gasteiger partial charge on any atom is -0.480 e. The molecule has 0 spiro atoms. The van der Waals surface area contributed by atoms with E-state index < -0.39 is 18.1 Å². The van der Waals surface area contributed by atoms with Gasteiger partial charge in [-0.2, -0.15) is 0 Å². The molecule has 3 N–H and O–H groups in total. The molecular weight excluding hydrogens is 633 g/mol. The number of unbranched alkanes of at least 4 members (excludes halogenated alkanes) is 31. The van der Waals surface area contributed by atoms with Crippen LogP contribution in [0.25, 0.3) is 0 Å². The highest BCUT2D eigenvalue weighted by Crippen LogP contribution is 2.16. The Morgan fingerprint density at radius 3 is 0.922 bits per heavy atom. The number of nitrogens with one attached hydrogen (secondary N) is 2. The molecule has 0 rings (SSSR count). The lowest BCUT2D eigenvalue weighted by Gasteiger charge is -2.26. The van der Waals surface area contributed by atoms with Crippen LogP contribution in [0.2, 0.25) is 0 Å². The van der Waals surface area contributed by atoms with E-state index in [9.17, 15) is 19.5 Å². The minimum absolute atomic E-state index is 0.0897. The molecule has 0 aliphatic carbocycles. The van der Waals surface area contributed by atoms with E-state index in [2.05, 4.69) is 31.4 Å². The average molecular weight is 721 g/mol. The molecule has 0 heterocycles. The van der Waals surface area contributed by atoms with Gasteiger partial charge in [0.1, 0.15) is 6.04 Å². The first kappa shape index (κ1) is 49.4. The van der Waals surface area contributed by atoms with Gasteiger partial charge in [-0.3, -0.25) is 9.59 Å². The van der Waals surface area contributed by atoms with E-state index in [1.165, 1.54) is 154 Å². The van der Waals surface area contributed by atoms with E-state index in [-0.39, 0.29) is 11.8 Å². The summed E-state index contributed by atoms with van der Waals surface area (Å²) in [6, 6.07) is -1.66. The summed E-state index contributed by atoms with van der Waals surface area (Å²) in [6.45, 7) is 6.69. The van der Waals surface area contributed by atoms with Crippen LogP contribution in [0.3, 0.4) is 0 Å². The highest BCUT2D eigenvalue weighted by Gasteiger charge is 2.30. The van der Waals surface area contributed by atoms with E-state index in [0.717, 1.165) is 64.2 Å². The zero-order chi connectivity index (χ0) is 37.5. The molecule has 6 nitrogen and oxygen atoms in total. The van der Waals surface area contributed by atoms with Gasteiger partial charge in [-0.05, 0) is 19.3 Å². The standard InChI is InChI=1S/C45H88N2O4/c1-4-7-10-13-15-17-19-21-23-25-27-29-31-33-36-39-42(48)46-41(38-35-12-9-6-3)44(45(50)51)47-43(49)40-37-34-32-30-28-26-24-22-20-18-16-14-11-8-5-2/h41,44H,4-40H2,1-3H3,(H,46,48)(H,47,49)(H,50,51)/t41?,44-/m0/s1. The summed E-state index contributed by atoms with van der Waals surface area (Å²) in [5, 5.41) is 15.9. The highest BCUT2D eigenvalue weighted by atomic mass is 16.4. The van der Waals surface area contributed by atoms with E-state index in [1.54, 1.807) is 0 Å². The summed E-state index contributed by atoms with van der Waals surface area (Å²) in [5.41, 5.74) is 0. The molecule has 2 atom stereocenters. The fourth-order valence-corrected chi connectivity index (χ4v) is 7.29. The molecule has 0 aromatic carbocycles. The van der Waals surface area contributed by atoms with Crippen LogP contribution in [0.5, 0.6) is 0 Å². The second-order valence-corrected chi connectivity index (χ2v) is 15.8. The lowest BCUT2D eigenvalue weighted by atomic mass is 9.99. The first-order chi connectivity index (χ1) is 25.0. The van der Waals surface area contributed by atoms with Gasteiger partial charge in [-0.25, -0.2) is 4.79 Å². The fourth-order valence-electron chi connectivity index (χ4n) is 7.29. The summed E-state index contributed by atoms with van der Waals surface area (Å²) >= 11 is 0. The summed E-state index contributed by atoms with van der Waals surface area (Å²) in [6.07, 6.45) is 43.6. The monoisotopic (exact) mass is 721 g/mol. The Balaban J connectivity index is 4.22. The number of carboxylic acids is 1. The third-order valence-corrected chi connectivity index (χ3v) is 10.7. The normalized spacial score (nSPS) is 12.5. The van der Waals surface area contributed by atoms with Crippen LogP contribution in [-0.4, -0.2) is 35.0 Å². The first-order valence-corrected chi connectivity index (χ1v) is 22.8. The van der Waals surface area contributed by atoms with Crippen LogP contribution in [-0.2, 0) is 14.4 Å². The van der Waals surface area contributed by atoms with Crippen molar-refractivity contribution in [3.05, 3.63) is 0 Å². The van der Waals surface area contributed by atoms with Crippen LogP contribution in [0.15, 0.2) is 0 Å². The van der Waals surface area contributed by atoms with Gasteiger partial charge in [-0.15, -0.1) is 0 Å². The Kier molecular flexibility index (Phi) is 38.4. The summed E-state index contributed by atoms with van der Waals surface area (Å²) in [7, 11) is 0. The number of aliphatic carboxylic acids is 1. The predicted octanol–water partition coefficient (Wildman–Crippen LogP) is 13.5. The molecule has 0 aliphatic rings. The molecule has 0 aliphatic heterocycles. The summed E-state index contributed by atoms with van der Waals surface area (Å²) in [5.74, 6) is -1.37. The second kappa shape index (κ2) is 39.6. The Morgan fingerprint density at radius 2 is 0.627 bits per heavy atom. The van der Waals surface area contributed by atoms with Crippen molar-refractivity contribution in [1.82, 2.24) is 10.6 Å². The van der Waals surface area contributed by atoms with Crippen molar-refractivity contribution in [2.45, 2.75) is 270 Å². The van der Waals surface area contributed by atoms with E-state index in [0.29, 0.717) is 19.3 Å². The predicted molar refractivity (Wildman–Crippen MR) is 219 cm³/mol. The van der Waals surface area contributed by atoms with Gasteiger partial charge >= 0.3 is 5.97 Å². The van der Waals surface area contributed by atoms with Crippen molar-refractivity contribution < 1.29 is 19.5 Å². The van der Waals surface area contributed by atoms with E-state index in [1.807, 2.05) is 0 Å². The van der Waals surface area contributed by atoms with Gasteiger partial charge in [0.25, 0.3) is 0 Å². The Hall–Kier alpha value is -1.59. The number of carbonyl (C=O) groups is 3. The van der Waals surface area contributed by atoms with Gasteiger partial charge in [0.15, 0.2) is 0 Å². The third kappa shape index (κ3) is 35.2. The zero-order valence-corrected chi connectivity index (χ0v) is 34.5. The molecule has 0 bridgehead atoms. The van der Waals surface area contributed by atoms with Crippen LogP contribution in [0, 0.1) is 0 Å². The van der Waals surface area contributed by atoms with Crippen LogP contribution >= 0.6 is 0 Å². The Bertz CT molecular complexity index is 773. The average Bonchev–Trinajstić information content (AvgIpc) is 3.11. The summed E-state index contributed by atoms with van der Waals surface area (Å²) < 4.78 is 0. The molecule has 0 saturated carbocycles. The van der Waals surface area contributed by atoms with Gasteiger partial charge in [0.05, 0.1) is 6.04 Å². The van der Waals surface area contributed by atoms with Crippen LogP contribution in [0.1, 0.15) is 258 Å². The number of hydrogen-bond acceptors (Lipinski definition) is 3. The van der Waals surface area contributed by atoms with Crippen molar-refractivity contribution in [3.63, 3.8) is 0 Å². The molecule has 302 valence electrons. The van der Waals surface area contributed by atoms with Crippen LogP contribution in [0.4, 0.5) is 0 Å². The van der Waals surface area contributed by atoms with Crippen molar-refractivity contribution in [3.8, 4) is 0 Å². The molecule has 1 unspecified atom stereocenters. The van der Waals surface area contributed by atoms with Crippen molar-refractivity contribution in [2.24, 2.45) is 0 Å². The van der Waals surface area contributed by atoms with Gasteiger partial charge in [0, 0.05) is 12.8 Å². The van der Waals surface area contributed by atoms with Gasteiger partial charge in [-0.1, -0.05) is 226 Å². The van der Waals surface area contributed by atoms with Gasteiger partial charge in [0.2, 0.25) is 11.8 Å². The van der Waals surface area contributed by atoms with Crippen molar-refractivity contribution >= 4 is 17.8 Å². The molecule has 0 radical (unpaired) electrons. The molecule has 51 heavy (non-hydrogen) atoms. The number of hydrogen-bond donors (Lipinski definition) is 3. The number of amides is 2. The fraction of sp³-hybridized carbons (Fsp3) is 0.933. The highest BCUT2D eigenvalue weighted by molar-refractivity contribution is 5.85. The van der Waals surface area contributed by atoms with E-state index in [4.69, 9.17) is 0 Å². The van der Waals surface area contributed by atoms with Gasteiger partial charge < -0.3 is 15.7 Å². The number of carbonyl (C=O) groups excluding carboxylic acids is 2. The number of rotatable bonds is 41. The maximum absolute atomic E-state index is 12.9. The molecule has 0 aromatic rings. The van der Waals surface area contributed by atoms with E-state index >= 15 is 0 Å². The maximum Gasteiger partial charge on any atom is 0.328 e. The largest absolute Gasteiger partial charge is 0.480 e. The molecule has 2 amide bonds. The quantitative estimate of drug-likeness (QED) is 0.0548.